The average Bonchev–Trinajstić information content (AvgIpc) is 2.94. The molecule has 0 bridgehead atoms. The SMILES string of the molecule is Cc1cc(Nc2ccc(F)cc2)n2nc(C)c(-c3ccc(Cl)cc3)c2n1. The Morgan fingerprint density at radius 2 is 1.69 bits per heavy atom. The summed E-state index contributed by atoms with van der Waals surface area (Å²) in [6, 6.07) is 15.8. The zero-order valence-electron chi connectivity index (χ0n) is 14.3. The van der Waals surface area contributed by atoms with Crippen molar-refractivity contribution in [2.24, 2.45) is 0 Å². The first kappa shape index (κ1) is 16.5. The van der Waals surface area contributed by atoms with Gasteiger partial charge in [0, 0.05) is 28.0 Å². The highest BCUT2D eigenvalue weighted by Crippen LogP contribution is 2.30. The summed E-state index contributed by atoms with van der Waals surface area (Å²) in [6.07, 6.45) is 0. The van der Waals surface area contributed by atoms with Crippen molar-refractivity contribution in [1.82, 2.24) is 14.6 Å². The zero-order valence-corrected chi connectivity index (χ0v) is 15.0. The maximum absolute atomic E-state index is 13.2. The molecular formula is C20H16ClFN4. The van der Waals surface area contributed by atoms with E-state index in [-0.39, 0.29) is 5.82 Å². The number of nitrogens with one attached hydrogen (secondary N) is 1. The van der Waals surface area contributed by atoms with Crippen LogP contribution in [0.4, 0.5) is 15.9 Å². The van der Waals surface area contributed by atoms with E-state index in [0.29, 0.717) is 5.02 Å². The standard InChI is InChI=1S/C20H16ClFN4/c1-12-11-18(24-17-9-7-16(22)8-10-17)26-20(23-12)19(13(2)25-26)14-3-5-15(21)6-4-14/h3-11,24H,1-2H3. The number of anilines is 2. The molecule has 2 aromatic carbocycles. The van der Waals surface area contributed by atoms with Crippen molar-refractivity contribution in [2.45, 2.75) is 13.8 Å². The summed E-state index contributed by atoms with van der Waals surface area (Å²) >= 11 is 6.01. The minimum atomic E-state index is -0.272. The maximum Gasteiger partial charge on any atom is 0.165 e. The smallest absolute Gasteiger partial charge is 0.165 e. The first-order valence-electron chi connectivity index (χ1n) is 8.17. The molecule has 0 fully saturated rings. The topological polar surface area (TPSA) is 42.2 Å². The number of rotatable bonds is 3. The highest BCUT2D eigenvalue weighted by Gasteiger charge is 2.16. The van der Waals surface area contributed by atoms with Crippen LogP contribution in [0, 0.1) is 19.7 Å². The summed E-state index contributed by atoms with van der Waals surface area (Å²) in [7, 11) is 0. The van der Waals surface area contributed by atoms with Crippen LogP contribution in [-0.4, -0.2) is 14.6 Å². The van der Waals surface area contributed by atoms with E-state index >= 15 is 0 Å². The van der Waals surface area contributed by atoms with E-state index < -0.39 is 0 Å². The fourth-order valence-electron chi connectivity index (χ4n) is 2.97. The first-order chi connectivity index (χ1) is 12.5. The van der Waals surface area contributed by atoms with Crippen molar-refractivity contribution in [3.05, 3.63) is 76.8 Å². The molecule has 0 aliphatic rings. The molecule has 26 heavy (non-hydrogen) atoms. The van der Waals surface area contributed by atoms with Gasteiger partial charge in [-0.05, 0) is 55.8 Å². The van der Waals surface area contributed by atoms with Gasteiger partial charge in [-0.15, -0.1) is 0 Å². The molecule has 0 aliphatic heterocycles. The summed E-state index contributed by atoms with van der Waals surface area (Å²) in [5.74, 6) is 0.494. The van der Waals surface area contributed by atoms with E-state index in [2.05, 4.69) is 15.4 Å². The average molecular weight is 367 g/mol. The highest BCUT2D eigenvalue weighted by atomic mass is 35.5. The first-order valence-corrected chi connectivity index (χ1v) is 8.54. The second kappa shape index (κ2) is 6.42. The van der Waals surface area contributed by atoms with Gasteiger partial charge in [0.1, 0.15) is 11.6 Å². The molecular weight excluding hydrogens is 351 g/mol. The van der Waals surface area contributed by atoms with Gasteiger partial charge in [0.25, 0.3) is 0 Å². The molecule has 0 aliphatic carbocycles. The van der Waals surface area contributed by atoms with Crippen LogP contribution >= 0.6 is 11.6 Å². The highest BCUT2D eigenvalue weighted by molar-refractivity contribution is 6.30. The molecule has 0 spiro atoms. The van der Waals surface area contributed by atoms with Crippen LogP contribution in [0.3, 0.4) is 0 Å². The Bertz CT molecular complexity index is 1090. The molecule has 130 valence electrons. The third kappa shape index (κ3) is 3.02. The van der Waals surface area contributed by atoms with E-state index in [1.54, 1.807) is 16.6 Å². The lowest BCUT2D eigenvalue weighted by molar-refractivity contribution is 0.628. The second-order valence-corrected chi connectivity index (χ2v) is 6.55. The third-order valence-electron chi connectivity index (χ3n) is 4.14. The molecule has 0 saturated heterocycles. The number of benzene rings is 2. The number of halogens is 2. The third-order valence-corrected chi connectivity index (χ3v) is 4.39. The van der Waals surface area contributed by atoms with Crippen LogP contribution in [-0.2, 0) is 0 Å². The molecule has 0 unspecified atom stereocenters. The Kier molecular flexibility index (Phi) is 4.09. The number of nitrogens with zero attached hydrogens (tertiary/aromatic N) is 3. The van der Waals surface area contributed by atoms with Crippen LogP contribution in [0.5, 0.6) is 0 Å². The summed E-state index contributed by atoms with van der Waals surface area (Å²) in [5, 5.41) is 8.63. The molecule has 0 radical (unpaired) electrons. The molecule has 1 N–H and O–H groups in total. The number of hydrogen-bond acceptors (Lipinski definition) is 3. The van der Waals surface area contributed by atoms with Gasteiger partial charge in [-0.3, -0.25) is 0 Å². The number of aryl methyl sites for hydroxylation is 2. The van der Waals surface area contributed by atoms with Gasteiger partial charge in [0.05, 0.1) is 5.69 Å². The minimum absolute atomic E-state index is 0.272. The molecule has 0 saturated carbocycles. The predicted molar refractivity (Wildman–Crippen MR) is 103 cm³/mol. The van der Waals surface area contributed by atoms with E-state index in [1.165, 1.54) is 12.1 Å². The largest absolute Gasteiger partial charge is 0.340 e. The van der Waals surface area contributed by atoms with E-state index in [9.17, 15) is 4.39 Å². The van der Waals surface area contributed by atoms with Crippen molar-refractivity contribution in [3.8, 4) is 11.1 Å². The lowest BCUT2D eigenvalue weighted by atomic mass is 10.1. The molecule has 2 heterocycles. The van der Waals surface area contributed by atoms with Gasteiger partial charge >= 0.3 is 0 Å². The Labute approximate surface area is 155 Å². The summed E-state index contributed by atoms with van der Waals surface area (Å²) in [4.78, 5) is 4.68. The van der Waals surface area contributed by atoms with Crippen molar-refractivity contribution in [2.75, 3.05) is 5.32 Å². The Morgan fingerprint density at radius 1 is 1.00 bits per heavy atom. The van der Waals surface area contributed by atoms with Crippen molar-refractivity contribution in [1.29, 1.82) is 0 Å². The van der Waals surface area contributed by atoms with Gasteiger partial charge in [-0.1, -0.05) is 23.7 Å². The molecule has 0 amide bonds. The van der Waals surface area contributed by atoms with E-state index in [1.807, 2.05) is 44.2 Å². The number of aromatic nitrogens is 3. The number of fused-ring (bicyclic) bond motifs is 1. The van der Waals surface area contributed by atoms with Crippen LogP contribution in [0.1, 0.15) is 11.4 Å². The van der Waals surface area contributed by atoms with Crippen LogP contribution < -0.4 is 5.32 Å². The number of hydrogen-bond donors (Lipinski definition) is 1. The molecule has 4 aromatic rings. The Balaban J connectivity index is 1.86. The minimum Gasteiger partial charge on any atom is -0.340 e. The van der Waals surface area contributed by atoms with Gasteiger partial charge in [-0.25, -0.2) is 9.37 Å². The Hall–Kier alpha value is -2.92. The van der Waals surface area contributed by atoms with Crippen LogP contribution in [0.2, 0.25) is 5.02 Å². The lowest BCUT2D eigenvalue weighted by Crippen LogP contribution is -2.02. The monoisotopic (exact) mass is 366 g/mol. The molecule has 4 nitrogen and oxygen atoms in total. The lowest BCUT2D eigenvalue weighted by Gasteiger charge is -2.10. The normalized spacial score (nSPS) is 11.1. The van der Waals surface area contributed by atoms with Gasteiger partial charge in [0.2, 0.25) is 0 Å². The molecule has 0 atom stereocenters. The zero-order chi connectivity index (χ0) is 18.3. The summed E-state index contributed by atoms with van der Waals surface area (Å²) in [5.41, 5.74) is 5.24. The maximum atomic E-state index is 13.2. The van der Waals surface area contributed by atoms with Gasteiger partial charge < -0.3 is 5.32 Å². The quantitative estimate of drug-likeness (QED) is 0.517. The molecule has 4 rings (SSSR count). The van der Waals surface area contributed by atoms with Gasteiger partial charge in [0.15, 0.2) is 5.65 Å². The second-order valence-electron chi connectivity index (χ2n) is 6.12. The molecule has 2 aromatic heterocycles. The fraction of sp³-hybridized carbons (Fsp3) is 0.100. The van der Waals surface area contributed by atoms with Crippen LogP contribution in [0.15, 0.2) is 54.6 Å². The summed E-state index contributed by atoms with van der Waals surface area (Å²) < 4.78 is 14.9. The summed E-state index contributed by atoms with van der Waals surface area (Å²) in [6.45, 7) is 3.89. The van der Waals surface area contributed by atoms with Gasteiger partial charge in [-0.2, -0.15) is 9.61 Å². The van der Waals surface area contributed by atoms with E-state index in [0.717, 1.165) is 39.7 Å². The van der Waals surface area contributed by atoms with Crippen molar-refractivity contribution >= 4 is 28.8 Å². The fourth-order valence-corrected chi connectivity index (χ4v) is 3.10. The van der Waals surface area contributed by atoms with Crippen molar-refractivity contribution in [3.63, 3.8) is 0 Å². The predicted octanol–water partition coefficient (Wildman–Crippen LogP) is 5.55. The Morgan fingerprint density at radius 3 is 2.38 bits per heavy atom. The van der Waals surface area contributed by atoms with E-state index in [4.69, 9.17) is 11.6 Å². The van der Waals surface area contributed by atoms with Crippen LogP contribution in [0.25, 0.3) is 16.8 Å². The van der Waals surface area contributed by atoms with Crippen molar-refractivity contribution < 1.29 is 4.39 Å². The molecule has 6 heteroatoms.